The predicted octanol–water partition coefficient (Wildman–Crippen LogP) is 2.72. The molecule has 0 aliphatic carbocycles. The Morgan fingerprint density at radius 3 is 2.50 bits per heavy atom. The topological polar surface area (TPSA) is 63.0 Å². The lowest BCUT2D eigenvalue weighted by Gasteiger charge is -2.08. The van der Waals surface area contributed by atoms with Gasteiger partial charge in [-0.05, 0) is 46.9 Å². The van der Waals surface area contributed by atoms with Crippen LogP contribution in [0.5, 0.6) is 0 Å². The van der Waals surface area contributed by atoms with E-state index in [0.717, 1.165) is 15.1 Å². The van der Waals surface area contributed by atoms with Crippen molar-refractivity contribution in [1.29, 1.82) is 0 Å². The largest absolute Gasteiger partial charge is 0.339 e. The van der Waals surface area contributed by atoms with Crippen molar-refractivity contribution in [3.8, 4) is 0 Å². The van der Waals surface area contributed by atoms with Gasteiger partial charge in [0.2, 0.25) is 0 Å². The number of rotatable bonds is 3. The molecule has 16 heavy (non-hydrogen) atoms. The van der Waals surface area contributed by atoms with Gasteiger partial charge < -0.3 is 10.7 Å². The predicted molar refractivity (Wildman–Crippen MR) is 74.5 cm³/mol. The highest BCUT2D eigenvalue weighted by Crippen LogP contribution is 2.21. The molecule has 0 amide bonds. The first-order valence-electron chi connectivity index (χ1n) is 4.75. The molecule has 0 aliphatic heterocycles. The van der Waals surface area contributed by atoms with Crippen molar-refractivity contribution >= 4 is 39.9 Å². The number of aromatic nitrogens is 1. The second-order valence-electron chi connectivity index (χ2n) is 3.16. The molecular formula is C11H11IN4. The molecule has 0 saturated carbocycles. The third-order valence-corrected chi connectivity index (χ3v) is 2.97. The third kappa shape index (κ3) is 2.61. The number of hydrazine groups is 1. The van der Waals surface area contributed by atoms with Crippen molar-refractivity contribution in [2.75, 3.05) is 10.7 Å². The quantitative estimate of drug-likeness (QED) is 0.461. The molecule has 1 aromatic heterocycles. The van der Waals surface area contributed by atoms with Gasteiger partial charge in [-0.25, -0.2) is 10.8 Å². The highest BCUT2D eigenvalue weighted by Gasteiger charge is 2.00. The molecule has 0 aliphatic rings. The normalized spacial score (nSPS) is 9.88. The van der Waals surface area contributed by atoms with Crippen molar-refractivity contribution in [2.45, 2.75) is 0 Å². The Bertz CT molecular complexity index is 487. The summed E-state index contributed by atoms with van der Waals surface area (Å²) in [5.74, 6) is 6.70. The molecular weight excluding hydrogens is 315 g/mol. The maximum absolute atomic E-state index is 5.30. The number of pyridine rings is 1. The van der Waals surface area contributed by atoms with E-state index < -0.39 is 0 Å². The minimum Gasteiger partial charge on any atom is -0.339 e. The molecule has 82 valence electrons. The van der Waals surface area contributed by atoms with Crippen molar-refractivity contribution in [2.24, 2.45) is 5.84 Å². The van der Waals surface area contributed by atoms with Crippen molar-refractivity contribution < 1.29 is 0 Å². The van der Waals surface area contributed by atoms with E-state index >= 15 is 0 Å². The Morgan fingerprint density at radius 1 is 1.00 bits per heavy atom. The lowest BCUT2D eigenvalue weighted by atomic mass is 10.3. The van der Waals surface area contributed by atoms with E-state index in [2.05, 4.69) is 38.3 Å². The molecule has 0 fully saturated rings. The fraction of sp³-hybridized carbons (Fsp3) is 0. The van der Waals surface area contributed by atoms with Gasteiger partial charge in [-0.15, -0.1) is 0 Å². The zero-order valence-corrected chi connectivity index (χ0v) is 10.6. The van der Waals surface area contributed by atoms with Crippen LogP contribution >= 0.6 is 22.6 Å². The number of hydrogen-bond acceptors (Lipinski definition) is 4. The summed E-state index contributed by atoms with van der Waals surface area (Å²) in [6.45, 7) is 0. The van der Waals surface area contributed by atoms with Gasteiger partial charge in [-0.1, -0.05) is 18.2 Å². The van der Waals surface area contributed by atoms with E-state index in [1.165, 1.54) is 0 Å². The number of nitrogens with two attached hydrogens (primary N) is 1. The van der Waals surface area contributed by atoms with E-state index in [9.17, 15) is 0 Å². The Kier molecular flexibility index (Phi) is 3.58. The van der Waals surface area contributed by atoms with Gasteiger partial charge in [0.1, 0.15) is 11.6 Å². The van der Waals surface area contributed by atoms with E-state index in [4.69, 9.17) is 5.84 Å². The van der Waals surface area contributed by atoms with E-state index in [-0.39, 0.29) is 0 Å². The van der Waals surface area contributed by atoms with Crippen LogP contribution in [-0.2, 0) is 0 Å². The van der Waals surface area contributed by atoms with Crippen LogP contribution in [0.3, 0.4) is 0 Å². The summed E-state index contributed by atoms with van der Waals surface area (Å²) >= 11 is 2.27. The molecule has 4 nitrogen and oxygen atoms in total. The summed E-state index contributed by atoms with van der Waals surface area (Å²) < 4.78 is 1.15. The molecule has 0 saturated heterocycles. The Labute approximate surface area is 107 Å². The first-order chi connectivity index (χ1) is 7.79. The SMILES string of the molecule is NNc1cccc(Nc2ccccc2I)n1. The molecule has 0 bridgehead atoms. The van der Waals surface area contributed by atoms with Crippen LogP contribution in [-0.4, -0.2) is 4.98 Å². The molecule has 0 unspecified atom stereocenters. The van der Waals surface area contributed by atoms with Gasteiger partial charge in [0, 0.05) is 3.57 Å². The molecule has 1 aromatic carbocycles. The molecule has 5 heteroatoms. The van der Waals surface area contributed by atoms with Gasteiger partial charge in [-0.2, -0.15) is 0 Å². The zero-order valence-electron chi connectivity index (χ0n) is 8.44. The van der Waals surface area contributed by atoms with Crippen LogP contribution in [0.15, 0.2) is 42.5 Å². The van der Waals surface area contributed by atoms with E-state index in [0.29, 0.717) is 5.82 Å². The van der Waals surface area contributed by atoms with Gasteiger partial charge >= 0.3 is 0 Å². The van der Waals surface area contributed by atoms with Crippen LogP contribution < -0.4 is 16.6 Å². The van der Waals surface area contributed by atoms with Crippen LogP contribution in [0.25, 0.3) is 0 Å². The Hall–Kier alpha value is -1.34. The highest BCUT2D eigenvalue weighted by atomic mass is 127. The molecule has 2 aromatic rings. The fourth-order valence-electron chi connectivity index (χ4n) is 1.29. The number of nitrogens with zero attached hydrogens (tertiary/aromatic N) is 1. The van der Waals surface area contributed by atoms with Crippen LogP contribution in [0, 0.1) is 3.57 Å². The van der Waals surface area contributed by atoms with Gasteiger partial charge in [0.15, 0.2) is 0 Å². The number of anilines is 3. The summed E-state index contributed by atoms with van der Waals surface area (Å²) in [5.41, 5.74) is 3.55. The minimum absolute atomic E-state index is 0.635. The monoisotopic (exact) mass is 326 g/mol. The van der Waals surface area contributed by atoms with Crippen LogP contribution in [0.2, 0.25) is 0 Å². The summed E-state index contributed by atoms with van der Waals surface area (Å²) in [7, 11) is 0. The van der Waals surface area contributed by atoms with E-state index in [1.54, 1.807) is 6.07 Å². The molecule has 0 radical (unpaired) electrons. The van der Waals surface area contributed by atoms with Crippen LogP contribution in [0.4, 0.5) is 17.3 Å². The van der Waals surface area contributed by atoms with Crippen molar-refractivity contribution in [3.05, 3.63) is 46.0 Å². The molecule has 1 heterocycles. The number of nitrogen functional groups attached to an aromatic ring is 1. The minimum atomic E-state index is 0.635. The average molecular weight is 326 g/mol. The summed E-state index contributed by atoms with van der Waals surface area (Å²) in [6, 6.07) is 13.6. The zero-order chi connectivity index (χ0) is 11.4. The molecule has 4 N–H and O–H groups in total. The summed E-state index contributed by atoms with van der Waals surface area (Å²) in [5, 5.41) is 3.23. The molecule has 0 spiro atoms. The second kappa shape index (κ2) is 5.13. The standard InChI is InChI=1S/C11H11IN4/c12-8-4-1-2-5-9(8)14-10-6-3-7-11(15-10)16-13/h1-7H,13H2,(H2,14,15,16). The third-order valence-electron chi connectivity index (χ3n) is 2.03. The number of benzene rings is 1. The van der Waals surface area contributed by atoms with Gasteiger partial charge in [0.05, 0.1) is 5.69 Å². The van der Waals surface area contributed by atoms with E-state index in [1.807, 2.05) is 36.4 Å². The number of nitrogens with one attached hydrogen (secondary N) is 2. The lowest BCUT2D eigenvalue weighted by Crippen LogP contribution is -2.09. The molecule has 0 atom stereocenters. The first kappa shape index (κ1) is 11.2. The lowest BCUT2D eigenvalue weighted by molar-refractivity contribution is 1.22. The average Bonchev–Trinajstić information content (AvgIpc) is 2.32. The number of hydrogen-bond donors (Lipinski definition) is 3. The number of para-hydroxylation sites is 1. The van der Waals surface area contributed by atoms with Crippen molar-refractivity contribution in [3.63, 3.8) is 0 Å². The number of halogens is 1. The van der Waals surface area contributed by atoms with Crippen LogP contribution in [0.1, 0.15) is 0 Å². The Balaban J connectivity index is 2.24. The Morgan fingerprint density at radius 2 is 1.75 bits per heavy atom. The second-order valence-corrected chi connectivity index (χ2v) is 4.32. The first-order valence-corrected chi connectivity index (χ1v) is 5.82. The fourth-order valence-corrected chi connectivity index (χ4v) is 1.81. The van der Waals surface area contributed by atoms with Crippen molar-refractivity contribution in [1.82, 2.24) is 4.98 Å². The summed E-state index contributed by atoms with van der Waals surface area (Å²) in [4.78, 5) is 4.28. The van der Waals surface area contributed by atoms with Gasteiger partial charge in [0.25, 0.3) is 0 Å². The highest BCUT2D eigenvalue weighted by molar-refractivity contribution is 14.1. The maximum Gasteiger partial charge on any atom is 0.142 e. The smallest absolute Gasteiger partial charge is 0.142 e. The molecule has 2 rings (SSSR count). The van der Waals surface area contributed by atoms with Gasteiger partial charge in [-0.3, -0.25) is 0 Å². The maximum atomic E-state index is 5.30. The summed E-state index contributed by atoms with van der Waals surface area (Å²) in [6.07, 6.45) is 0.